The van der Waals surface area contributed by atoms with E-state index in [0.717, 1.165) is 43.8 Å². The molecule has 1 N–H and O–H groups in total. The standard InChI is InChI=1S/C14H22N2OS/c1-3-6-15-14(12-5-4-7-17-9-12)8-13-10-18-11(2)16-13/h9-10,14-15H,3-8H2,1-2H3. The Morgan fingerprint density at radius 1 is 1.56 bits per heavy atom. The van der Waals surface area contributed by atoms with E-state index in [4.69, 9.17) is 4.74 Å². The Hall–Kier alpha value is -0.870. The lowest BCUT2D eigenvalue weighted by atomic mass is 9.98. The predicted octanol–water partition coefficient (Wildman–Crippen LogP) is 3.06. The Morgan fingerprint density at radius 2 is 2.44 bits per heavy atom. The minimum Gasteiger partial charge on any atom is -0.501 e. The van der Waals surface area contributed by atoms with E-state index in [1.807, 2.05) is 6.26 Å². The van der Waals surface area contributed by atoms with E-state index in [2.05, 4.69) is 29.5 Å². The van der Waals surface area contributed by atoms with Crippen molar-refractivity contribution < 1.29 is 4.74 Å². The van der Waals surface area contributed by atoms with Crippen LogP contribution in [0, 0.1) is 6.92 Å². The van der Waals surface area contributed by atoms with Gasteiger partial charge in [-0.05, 0) is 38.3 Å². The van der Waals surface area contributed by atoms with Crippen molar-refractivity contribution in [2.75, 3.05) is 13.2 Å². The Kier molecular flexibility index (Phi) is 5.20. The second-order valence-corrected chi connectivity index (χ2v) is 5.80. The molecule has 1 atom stereocenters. The fraction of sp³-hybridized carbons (Fsp3) is 0.643. The molecule has 0 saturated heterocycles. The molecule has 2 heterocycles. The highest BCUT2D eigenvalue weighted by Crippen LogP contribution is 2.20. The molecule has 1 aliphatic rings. The van der Waals surface area contributed by atoms with Gasteiger partial charge in [0.25, 0.3) is 0 Å². The molecule has 0 radical (unpaired) electrons. The first-order valence-electron chi connectivity index (χ1n) is 6.74. The number of hydrogen-bond donors (Lipinski definition) is 1. The molecule has 1 aliphatic heterocycles. The van der Waals surface area contributed by atoms with E-state index < -0.39 is 0 Å². The number of nitrogens with one attached hydrogen (secondary N) is 1. The van der Waals surface area contributed by atoms with E-state index >= 15 is 0 Å². The van der Waals surface area contributed by atoms with Crippen molar-refractivity contribution in [3.63, 3.8) is 0 Å². The maximum atomic E-state index is 5.47. The summed E-state index contributed by atoms with van der Waals surface area (Å²) in [5.41, 5.74) is 2.58. The van der Waals surface area contributed by atoms with Crippen LogP contribution in [0.2, 0.25) is 0 Å². The third kappa shape index (κ3) is 3.82. The molecule has 100 valence electrons. The minimum atomic E-state index is 0.381. The predicted molar refractivity (Wildman–Crippen MR) is 75.9 cm³/mol. The summed E-state index contributed by atoms with van der Waals surface area (Å²) in [6.45, 7) is 6.17. The SMILES string of the molecule is CCCNC(Cc1csc(C)n1)C1=COCCC1. The van der Waals surface area contributed by atoms with Gasteiger partial charge >= 0.3 is 0 Å². The lowest BCUT2D eigenvalue weighted by molar-refractivity contribution is 0.219. The highest BCUT2D eigenvalue weighted by atomic mass is 32.1. The number of hydrogen-bond acceptors (Lipinski definition) is 4. The first kappa shape index (κ1) is 13.6. The Morgan fingerprint density at radius 3 is 3.06 bits per heavy atom. The van der Waals surface area contributed by atoms with Crippen molar-refractivity contribution in [3.8, 4) is 0 Å². The van der Waals surface area contributed by atoms with E-state index in [1.165, 1.54) is 11.3 Å². The Bertz CT molecular complexity index is 400. The summed E-state index contributed by atoms with van der Waals surface area (Å²) >= 11 is 1.73. The van der Waals surface area contributed by atoms with Crippen molar-refractivity contribution in [3.05, 3.63) is 27.9 Å². The maximum absolute atomic E-state index is 5.47. The van der Waals surface area contributed by atoms with Crippen molar-refractivity contribution in [2.45, 2.75) is 45.6 Å². The molecule has 1 unspecified atom stereocenters. The summed E-state index contributed by atoms with van der Waals surface area (Å²) in [5.74, 6) is 0. The van der Waals surface area contributed by atoms with Gasteiger partial charge in [0.15, 0.2) is 0 Å². The van der Waals surface area contributed by atoms with Gasteiger partial charge in [0.2, 0.25) is 0 Å². The van der Waals surface area contributed by atoms with Crippen LogP contribution in [0.15, 0.2) is 17.2 Å². The van der Waals surface area contributed by atoms with Crippen molar-refractivity contribution in [2.24, 2.45) is 0 Å². The number of thiazole rings is 1. The molecule has 0 saturated carbocycles. The zero-order valence-corrected chi connectivity index (χ0v) is 12.1. The molecule has 4 heteroatoms. The molecule has 0 bridgehead atoms. The van der Waals surface area contributed by atoms with Gasteiger partial charge in [0.1, 0.15) is 0 Å². The van der Waals surface area contributed by atoms with Gasteiger partial charge in [-0.2, -0.15) is 0 Å². The van der Waals surface area contributed by atoms with Crippen LogP contribution in [0.4, 0.5) is 0 Å². The highest BCUT2D eigenvalue weighted by molar-refractivity contribution is 7.09. The zero-order chi connectivity index (χ0) is 12.8. The van der Waals surface area contributed by atoms with Crippen molar-refractivity contribution >= 4 is 11.3 Å². The summed E-state index contributed by atoms with van der Waals surface area (Å²) in [4.78, 5) is 4.56. The van der Waals surface area contributed by atoms with Crippen LogP contribution in [-0.2, 0) is 11.2 Å². The first-order valence-corrected chi connectivity index (χ1v) is 7.62. The van der Waals surface area contributed by atoms with Gasteiger partial charge in [-0.1, -0.05) is 6.92 Å². The fourth-order valence-corrected chi connectivity index (χ4v) is 2.83. The lowest BCUT2D eigenvalue weighted by Crippen LogP contribution is -2.34. The van der Waals surface area contributed by atoms with Crippen LogP contribution in [0.25, 0.3) is 0 Å². The Balaban J connectivity index is 2.02. The minimum absolute atomic E-state index is 0.381. The molecule has 2 rings (SSSR count). The van der Waals surface area contributed by atoms with E-state index in [-0.39, 0.29) is 0 Å². The van der Waals surface area contributed by atoms with Crippen LogP contribution in [0.5, 0.6) is 0 Å². The smallest absolute Gasteiger partial charge is 0.0897 e. The van der Waals surface area contributed by atoms with Gasteiger partial charge in [-0.25, -0.2) is 4.98 Å². The lowest BCUT2D eigenvalue weighted by Gasteiger charge is -2.23. The molecule has 18 heavy (non-hydrogen) atoms. The molecular formula is C14H22N2OS. The second-order valence-electron chi connectivity index (χ2n) is 4.74. The van der Waals surface area contributed by atoms with Crippen molar-refractivity contribution in [1.29, 1.82) is 0 Å². The summed E-state index contributed by atoms with van der Waals surface area (Å²) < 4.78 is 5.47. The molecule has 1 aromatic rings. The van der Waals surface area contributed by atoms with E-state index in [1.54, 1.807) is 11.3 Å². The average Bonchev–Trinajstić information content (AvgIpc) is 2.81. The van der Waals surface area contributed by atoms with Gasteiger partial charge in [-0.15, -0.1) is 11.3 Å². The average molecular weight is 266 g/mol. The maximum Gasteiger partial charge on any atom is 0.0897 e. The highest BCUT2D eigenvalue weighted by Gasteiger charge is 2.18. The molecule has 0 amide bonds. The third-order valence-corrected chi connectivity index (χ3v) is 3.95. The molecular weight excluding hydrogens is 244 g/mol. The normalized spacial score (nSPS) is 17.1. The summed E-state index contributed by atoms with van der Waals surface area (Å²) in [7, 11) is 0. The topological polar surface area (TPSA) is 34.2 Å². The van der Waals surface area contributed by atoms with Gasteiger partial charge in [0.05, 0.1) is 23.6 Å². The zero-order valence-electron chi connectivity index (χ0n) is 11.2. The van der Waals surface area contributed by atoms with Crippen molar-refractivity contribution in [1.82, 2.24) is 10.3 Å². The number of aromatic nitrogens is 1. The number of rotatable bonds is 6. The summed E-state index contributed by atoms with van der Waals surface area (Å²) in [5, 5.41) is 6.93. The molecule has 0 aliphatic carbocycles. The largest absolute Gasteiger partial charge is 0.501 e. The number of nitrogens with zero attached hydrogens (tertiary/aromatic N) is 1. The molecule has 1 aromatic heterocycles. The number of ether oxygens (including phenoxy) is 1. The quantitative estimate of drug-likeness (QED) is 0.859. The molecule has 3 nitrogen and oxygen atoms in total. The monoisotopic (exact) mass is 266 g/mol. The molecule has 0 aromatic carbocycles. The summed E-state index contributed by atoms with van der Waals surface area (Å²) in [6, 6.07) is 0.381. The van der Waals surface area contributed by atoms with Crippen LogP contribution in [0.1, 0.15) is 36.9 Å². The Labute approximate surface area is 113 Å². The molecule has 0 spiro atoms. The number of aryl methyl sites for hydroxylation is 1. The van der Waals surface area contributed by atoms with Crippen LogP contribution < -0.4 is 5.32 Å². The van der Waals surface area contributed by atoms with Gasteiger partial charge in [-0.3, -0.25) is 0 Å². The second kappa shape index (κ2) is 6.90. The summed E-state index contributed by atoms with van der Waals surface area (Å²) in [6.07, 6.45) is 6.35. The fourth-order valence-electron chi connectivity index (χ4n) is 2.20. The van der Waals surface area contributed by atoms with Crippen LogP contribution in [-0.4, -0.2) is 24.2 Å². The third-order valence-electron chi connectivity index (χ3n) is 3.13. The molecule has 0 fully saturated rings. The van der Waals surface area contributed by atoms with Crippen LogP contribution in [0.3, 0.4) is 0 Å². The van der Waals surface area contributed by atoms with E-state index in [9.17, 15) is 0 Å². The van der Waals surface area contributed by atoms with E-state index in [0.29, 0.717) is 6.04 Å². The van der Waals surface area contributed by atoms with Crippen LogP contribution >= 0.6 is 11.3 Å². The van der Waals surface area contributed by atoms with Gasteiger partial charge < -0.3 is 10.1 Å². The first-order chi connectivity index (χ1) is 8.79. The van der Waals surface area contributed by atoms with Gasteiger partial charge in [0, 0.05) is 17.8 Å².